The molecule has 1 atom stereocenters. The monoisotopic (exact) mass is 247 g/mol. The highest BCUT2D eigenvalue weighted by Gasteiger charge is 2.13. The minimum absolute atomic E-state index is 0.0917. The highest BCUT2D eigenvalue weighted by Crippen LogP contribution is 2.08. The van der Waals surface area contributed by atoms with Gasteiger partial charge in [-0.25, -0.2) is 4.79 Å². The fraction of sp³-hybridized carbons (Fsp3) is 0.385. The molecule has 0 aliphatic heterocycles. The third-order valence-electron chi connectivity index (χ3n) is 2.77. The van der Waals surface area contributed by atoms with Crippen molar-refractivity contribution in [2.45, 2.75) is 12.5 Å². The molecule has 0 radical (unpaired) electrons. The number of amides is 1. The van der Waals surface area contributed by atoms with Crippen LogP contribution in [-0.2, 0) is 6.42 Å². The highest BCUT2D eigenvalue weighted by atomic mass is 16.4. The number of carboxylic acid groups (broad SMARTS) is 1. The van der Waals surface area contributed by atoms with Crippen molar-refractivity contribution in [3.63, 3.8) is 0 Å². The van der Waals surface area contributed by atoms with Crippen LogP contribution in [0, 0.1) is 11.3 Å². The van der Waals surface area contributed by atoms with Gasteiger partial charge < -0.3 is 15.3 Å². The Hall–Kier alpha value is -2.06. The molecule has 0 aromatic heterocycles. The van der Waals surface area contributed by atoms with Crippen LogP contribution in [0.1, 0.15) is 11.1 Å². The average molecular weight is 247 g/mol. The molecule has 5 heteroatoms. The first kappa shape index (κ1) is 14.0. The number of likely N-dealkylation sites (N-methyl/N-ethyl adjacent to an activating group) is 1. The standard InChI is InChI=1S/C13H17N3O2/c1-16(2)12(9-15-13(17)18)7-10-3-5-11(8-14)6-4-10/h3-6,12,15H,7,9H2,1-2H3,(H,17,18)/t12-/m0/s1. The number of nitriles is 1. The maximum atomic E-state index is 10.5. The summed E-state index contributed by atoms with van der Waals surface area (Å²) in [6.07, 6.45) is -0.277. The minimum atomic E-state index is -1.01. The summed E-state index contributed by atoms with van der Waals surface area (Å²) >= 11 is 0. The molecule has 0 aliphatic carbocycles. The smallest absolute Gasteiger partial charge is 0.404 e. The Kier molecular flexibility index (Phi) is 5.15. The quantitative estimate of drug-likeness (QED) is 0.822. The van der Waals surface area contributed by atoms with Crippen LogP contribution >= 0.6 is 0 Å². The molecule has 0 saturated carbocycles. The van der Waals surface area contributed by atoms with Gasteiger partial charge in [-0.15, -0.1) is 0 Å². The van der Waals surface area contributed by atoms with Crippen molar-refractivity contribution < 1.29 is 9.90 Å². The van der Waals surface area contributed by atoms with E-state index in [2.05, 4.69) is 11.4 Å². The van der Waals surface area contributed by atoms with Crippen molar-refractivity contribution in [1.29, 1.82) is 5.26 Å². The molecule has 5 nitrogen and oxygen atoms in total. The average Bonchev–Trinajstić information content (AvgIpc) is 2.34. The minimum Gasteiger partial charge on any atom is -0.465 e. The van der Waals surface area contributed by atoms with Gasteiger partial charge in [0.1, 0.15) is 0 Å². The molecule has 18 heavy (non-hydrogen) atoms. The molecule has 1 amide bonds. The number of benzene rings is 1. The van der Waals surface area contributed by atoms with E-state index in [1.54, 1.807) is 12.1 Å². The van der Waals surface area contributed by atoms with Crippen molar-refractivity contribution in [2.75, 3.05) is 20.6 Å². The van der Waals surface area contributed by atoms with Crippen LogP contribution < -0.4 is 5.32 Å². The Bertz CT molecular complexity index is 435. The van der Waals surface area contributed by atoms with Gasteiger partial charge in [-0.2, -0.15) is 5.26 Å². The Morgan fingerprint density at radius 3 is 2.50 bits per heavy atom. The highest BCUT2D eigenvalue weighted by molar-refractivity contribution is 5.64. The van der Waals surface area contributed by atoms with Crippen LogP contribution in [-0.4, -0.2) is 42.8 Å². The van der Waals surface area contributed by atoms with Gasteiger partial charge in [0.25, 0.3) is 0 Å². The van der Waals surface area contributed by atoms with E-state index in [0.29, 0.717) is 12.1 Å². The summed E-state index contributed by atoms with van der Waals surface area (Å²) in [5.41, 5.74) is 1.71. The third kappa shape index (κ3) is 4.44. The summed E-state index contributed by atoms with van der Waals surface area (Å²) < 4.78 is 0. The van der Waals surface area contributed by atoms with Crippen molar-refractivity contribution in [3.8, 4) is 6.07 Å². The fourth-order valence-electron chi connectivity index (χ4n) is 1.63. The Morgan fingerprint density at radius 2 is 2.06 bits per heavy atom. The van der Waals surface area contributed by atoms with Gasteiger partial charge in [0, 0.05) is 12.6 Å². The summed E-state index contributed by atoms with van der Waals surface area (Å²) in [6.45, 7) is 0.377. The van der Waals surface area contributed by atoms with Crippen LogP contribution in [0.5, 0.6) is 0 Å². The van der Waals surface area contributed by atoms with Gasteiger partial charge in [-0.1, -0.05) is 12.1 Å². The number of hydrogen-bond acceptors (Lipinski definition) is 3. The van der Waals surface area contributed by atoms with E-state index in [4.69, 9.17) is 10.4 Å². The van der Waals surface area contributed by atoms with Gasteiger partial charge in [0.2, 0.25) is 0 Å². The zero-order chi connectivity index (χ0) is 13.5. The molecule has 96 valence electrons. The van der Waals surface area contributed by atoms with Crippen LogP contribution in [0.3, 0.4) is 0 Å². The number of rotatable bonds is 5. The Balaban J connectivity index is 2.65. The van der Waals surface area contributed by atoms with Crippen LogP contribution in [0.15, 0.2) is 24.3 Å². The van der Waals surface area contributed by atoms with Crippen LogP contribution in [0.4, 0.5) is 4.79 Å². The predicted molar refractivity (Wildman–Crippen MR) is 68.4 cm³/mol. The second kappa shape index (κ2) is 6.62. The summed E-state index contributed by atoms with van der Waals surface area (Å²) in [7, 11) is 3.83. The van der Waals surface area contributed by atoms with Gasteiger partial charge >= 0.3 is 6.09 Å². The molecule has 0 aliphatic rings. The lowest BCUT2D eigenvalue weighted by molar-refractivity contribution is 0.188. The lowest BCUT2D eigenvalue weighted by atomic mass is 10.0. The second-order valence-electron chi connectivity index (χ2n) is 4.32. The molecule has 0 unspecified atom stereocenters. The first-order valence-electron chi connectivity index (χ1n) is 5.65. The molecular formula is C13H17N3O2. The topological polar surface area (TPSA) is 76.4 Å². The second-order valence-corrected chi connectivity index (χ2v) is 4.32. The van der Waals surface area contributed by atoms with E-state index in [9.17, 15) is 4.79 Å². The first-order valence-corrected chi connectivity index (χ1v) is 5.65. The van der Waals surface area contributed by atoms with E-state index in [1.165, 1.54) is 0 Å². The fourth-order valence-corrected chi connectivity index (χ4v) is 1.63. The Labute approximate surface area is 107 Å². The van der Waals surface area contributed by atoms with Crippen LogP contribution in [0.2, 0.25) is 0 Å². The maximum Gasteiger partial charge on any atom is 0.404 e. The van der Waals surface area contributed by atoms with Gasteiger partial charge in [0.05, 0.1) is 11.6 Å². The molecule has 1 aromatic carbocycles. The molecule has 0 heterocycles. The normalized spacial score (nSPS) is 11.9. The van der Waals surface area contributed by atoms with E-state index in [1.807, 2.05) is 31.1 Å². The van der Waals surface area contributed by atoms with Crippen molar-refractivity contribution >= 4 is 6.09 Å². The number of hydrogen-bond donors (Lipinski definition) is 2. The van der Waals surface area contributed by atoms with Crippen molar-refractivity contribution in [1.82, 2.24) is 10.2 Å². The summed E-state index contributed by atoms with van der Waals surface area (Å²) in [6, 6.07) is 9.50. The zero-order valence-electron chi connectivity index (χ0n) is 10.6. The SMILES string of the molecule is CN(C)[C@H](CNC(=O)O)Cc1ccc(C#N)cc1. The zero-order valence-corrected chi connectivity index (χ0v) is 10.6. The molecule has 1 rings (SSSR count). The molecule has 1 aromatic rings. The number of carbonyl (C=O) groups is 1. The predicted octanol–water partition coefficient (Wildman–Crippen LogP) is 1.30. The van der Waals surface area contributed by atoms with E-state index in [0.717, 1.165) is 12.0 Å². The number of nitrogens with one attached hydrogen (secondary N) is 1. The third-order valence-corrected chi connectivity index (χ3v) is 2.77. The van der Waals surface area contributed by atoms with Gasteiger partial charge in [-0.3, -0.25) is 0 Å². The largest absolute Gasteiger partial charge is 0.465 e. The molecule has 0 spiro atoms. The molecule has 0 bridgehead atoms. The van der Waals surface area contributed by atoms with E-state index >= 15 is 0 Å². The molecule has 0 saturated heterocycles. The molecule has 2 N–H and O–H groups in total. The van der Waals surface area contributed by atoms with Crippen molar-refractivity contribution in [3.05, 3.63) is 35.4 Å². The van der Waals surface area contributed by atoms with Gasteiger partial charge in [-0.05, 0) is 38.2 Å². The number of nitrogens with zero attached hydrogens (tertiary/aromatic N) is 2. The summed E-state index contributed by atoms with van der Waals surface area (Å²) in [5.74, 6) is 0. The maximum absolute atomic E-state index is 10.5. The summed E-state index contributed by atoms with van der Waals surface area (Å²) in [4.78, 5) is 12.5. The molecule has 0 fully saturated rings. The van der Waals surface area contributed by atoms with E-state index in [-0.39, 0.29) is 6.04 Å². The van der Waals surface area contributed by atoms with Crippen LogP contribution in [0.25, 0.3) is 0 Å². The summed E-state index contributed by atoms with van der Waals surface area (Å²) in [5, 5.41) is 19.7. The van der Waals surface area contributed by atoms with E-state index < -0.39 is 6.09 Å². The lowest BCUT2D eigenvalue weighted by Crippen LogP contribution is -2.41. The van der Waals surface area contributed by atoms with Crippen molar-refractivity contribution in [2.24, 2.45) is 0 Å². The lowest BCUT2D eigenvalue weighted by Gasteiger charge is -2.24. The Morgan fingerprint density at radius 1 is 1.44 bits per heavy atom. The van der Waals surface area contributed by atoms with Gasteiger partial charge in [0.15, 0.2) is 0 Å². The molecular weight excluding hydrogens is 230 g/mol. The first-order chi connectivity index (χ1) is 8.52.